The first-order chi connectivity index (χ1) is 9.75. The van der Waals surface area contributed by atoms with Crippen LogP contribution in [0.15, 0.2) is 15.9 Å². The fourth-order valence-electron chi connectivity index (χ4n) is 2.90. The molecule has 1 saturated heterocycles. The van der Waals surface area contributed by atoms with Gasteiger partial charge in [-0.15, -0.1) is 11.3 Å². The molecule has 2 amide bonds. The summed E-state index contributed by atoms with van der Waals surface area (Å²) in [4.78, 5) is 28.3. The van der Waals surface area contributed by atoms with E-state index in [0.717, 1.165) is 21.5 Å². The molecule has 0 bridgehead atoms. The molecule has 1 aliphatic carbocycles. The van der Waals surface area contributed by atoms with Crippen LogP contribution in [0.5, 0.6) is 0 Å². The molecule has 0 radical (unpaired) electrons. The Morgan fingerprint density at radius 2 is 2.00 bits per heavy atom. The topological polar surface area (TPSA) is 49.4 Å². The second-order valence-corrected chi connectivity index (χ2v) is 9.13. The molecule has 2 heterocycles. The van der Waals surface area contributed by atoms with E-state index in [9.17, 15) is 9.59 Å². The molecule has 1 aromatic rings. The van der Waals surface area contributed by atoms with Crippen LogP contribution in [-0.4, -0.2) is 27.8 Å². The third-order valence-corrected chi connectivity index (χ3v) is 6.24. The molecule has 0 aromatic carbocycles. The molecular formula is C15H19BrN2O2S. The number of piperazine rings is 1. The second-order valence-electron chi connectivity index (χ2n) is 6.59. The summed E-state index contributed by atoms with van der Waals surface area (Å²) in [5.74, 6) is 0.258. The van der Waals surface area contributed by atoms with Gasteiger partial charge >= 0.3 is 0 Å². The second kappa shape index (κ2) is 4.81. The number of nitrogens with one attached hydrogen (secondary N) is 1. The summed E-state index contributed by atoms with van der Waals surface area (Å²) in [5, 5.41) is 2.98. The summed E-state index contributed by atoms with van der Waals surface area (Å²) < 4.78 is 1.04. The molecule has 1 saturated carbocycles. The third kappa shape index (κ3) is 2.42. The van der Waals surface area contributed by atoms with E-state index in [0.29, 0.717) is 6.54 Å². The van der Waals surface area contributed by atoms with E-state index in [-0.39, 0.29) is 17.7 Å². The van der Waals surface area contributed by atoms with E-state index in [4.69, 9.17) is 0 Å². The zero-order valence-electron chi connectivity index (χ0n) is 12.4. The highest BCUT2D eigenvalue weighted by molar-refractivity contribution is 9.11. The van der Waals surface area contributed by atoms with Gasteiger partial charge in [-0.2, -0.15) is 0 Å². The van der Waals surface area contributed by atoms with E-state index in [2.05, 4.69) is 21.2 Å². The summed E-state index contributed by atoms with van der Waals surface area (Å²) in [6.45, 7) is 5.99. The lowest BCUT2D eigenvalue weighted by molar-refractivity contribution is -0.162. The number of carbonyl (C=O) groups is 2. The molecule has 3 rings (SSSR count). The van der Waals surface area contributed by atoms with Gasteiger partial charge in [-0.25, -0.2) is 0 Å². The molecule has 0 spiro atoms. The van der Waals surface area contributed by atoms with Crippen LogP contribution >= 0.6 is 27.3 Å². The molecule has 114 valence electrons. The molecular weight excluding hydrogens is 352 g/mol. The van der Waals surface area contributed by atoms with Gasteiger partial charge < -0.3 is 10.2 Å². The highest BCUT2D eigenvalue weighted by Crippen LogP contribution is 2.44. The number of hydrogen-bond donors (Lipinski definition) is 1. The van der Waals surface area contributed by atoms with Crippen LogP contribution in [-0.2, 0) is 16.1 Å². The fraction of sp³-hybridized carbons (Fsp3) is 0.600. The Labute approximate surface area is 137 Å². The molecule has 1 aromatic heterocycles. The van der Waals surface area contributed by atoms with Gasteiger partial charge in [0, 0.05) is 4.88 Å². The van der Waals surface area contributed by atoms with Gasteiger partial charge in [-0.3, -0.25) is 9.59 Å². The first-order valence-corrected chi connectivity index (χ1v) is 8.75. The van der Waals surface area contributed by atoms with Crippen LogP contribution < -0.4 is 5.32 Å². The lowest BCUT2D eigenvalue weighted by atomic mass is 9.85. The van der Waals surface area contributed by atoms with Crippen LogP contribution in [0.25, 0.3) is 0 Å². The molecule has 1 atom stereocenters. The normalized spacial score (nSPS) is 28.7. The van der Waals surface area contributed by atoms with Gasteiger partial charge in [0.25, 0.3) is 0 Å². The summed E-state index contributed by atoms with van der Waals surface area (Å²) in [6.07, 6.45) is 2.03. The Bertz CT molecular complexity index is 609. The van der Waals surface area contributed by atoms with Gasteiger partial charge in [0.1, 0.15) is 11.1 Å². The van der Waals surface area contributed by atoms with Crippen molar-refractivity contribution in [1.29, 1.82) is 0 Å². The highest BCUT2D eigenvalue weighted by Gasteiger charge is 2.57. The molecule has 1 unspecified atom stereocenters. The Hall–Kier alpha value is -0.880. The van der Waals surface area contributed by atoms with Crippen LogP contribution in [0.1, 0.15) is 38.5 Å². The summed E-state index contributed by atoms with van der Waals surface area (Å²) in [7, 11) is 0. The van der Waals surface area contributed by atoms with Crippen LogP contribution in [0.2, 0.25) is 0 Å². The smallest absolute Gasteiger partial charge is 0.249 e. The maximum atomic E-state index is 13.0. The molecule has 1 aliphatic heterocycles. The predicted molar refractivity (Wildman–Crippen MR) is 85.9 cm³/mol. The van der Waals surface area contributed by atoms with Crippen LogP contribution in [0.4, 0.5) is 0 Å². The van der Waals surface area contributed by atoms with Crippen molar-refractivity contribution in [2.75, 3.05) is 0 Å². The SMILES string of the molecule is CC1(C2CC2)NC(=O)C(C)(C)N(Cc2ccc(Br)s2)C1=O. The molecule has 1 N–H and O–H groups in total. The van der Waals surface area contributed by atoms with Crippen molar-refractivity contribution in [2.24, 2.45) is 5.92 Å². The minimum Gasteiger partial charge on any atom is -0.340 e. The van der Waals surface area contributed by atoms with Crippen LogP contribution in [0, 0.1) is 5.92 Å². The van der Waals surface area contributed by atoms with E-state index >= 15 is 0 Å². The molecule has 2 fully saturated rings. The van der Waals surface area contributed by atoms with Crippen molar-refractivity contribution in [3.63, 3.8) is 0 Å². The summed E-state index contributed by atoms with van der Waals surface area (Å²) in [6, 6.07) is 3.97. The first kappa shape index (κ1) is 15.0. The molecule has 6 heteroatoms. The standard InChI is InChI=1S/C15H19BrN2O2S/c1-14(2)12(19)17-15(3,9-4-5-9)13(20)18(14)8-10-6-7-11(16)21-10/h6-7,9H,4-5,8H2,1-3H3,(H,17,19). The number of nitrogens with zero attached hydrogens (tertiary/aromatic N) is 1. The van der Waals surface area contributed by atoms with Crippen molar-refractivity contribution in [2.45, 2.75) is 51.2 Å². The molecule has 4 nitrogen and oxygen atoms in total. The number of hydrogen-bond acceptors (Lipinski definition) is 3. The summed E-state index contributed by atoms with van der Waals surface area (Å²) in [5.41, 5.74) is -1.55. The van der Waals surface area contributed by atoms with E-state index in [1.165, 1.54) is 0 Å². The lowest BCUT2D eigenvalue weighted by Crippen LogP contribution is -2.73. The number of carbonyl (C=O) groups excluding carboxylic acids is 2. The van der Waals surface area contributed by atoms with Gasteiger partial charge in [-0.05, 0) is 67.6 Å². The zero-order valence-corrected chi connectivity index (χ0v) is 14.8. The Morgan fingerprint density at radius 3 is 2.52 bits per heavy atom. The number of rotatable bonds is 3. The average Bonchev–Trinajstić information content (AvgIpc) is 3.18. The monoisotopic (exact) mass is 370 g/mol. The zero-order chi connectivity index (χ0) is 15.4. The minimum absolute atomic E-state index is 0.0409. The van der Waals surface area contributed by atoms with Crippen molar-refractivity contribution < 1.29 is 9.59 Å². The molecule has 2 aliphatic rings. The predicted octanol–water partition coefficient (Wildman–Crippen LogP) is 2.92. The van der Waals surface area contributed by atoms with E-state index < -0.39 is 11.1 Å². The van der Waals surface area contributed by atoms with Crippen molar-refractivity contribution in [1.82, 2.24) is 10.2 Å². The summed E-state index contributed by atoms with van der Waals surface area (Å²) >= 11 is 5.04. The highest BCUT2D eigenvalue weighted by atomic mass is 79.9. The van der Waals surface area contributed by atoms with Gasteiger partial charge in [0.2, 0.25) is 11.8 Å². The maximum absolute atomic E-state index is 13.0. The van der Waals surface area contributed by atoms with Crippen molar-refractivity contribution in [3.8, 4) is 0 Å². The van der Waals surface area contributed by atoms with Gasteiger partial charge in [0.05, 0.1) is 10.3 Å². The van der Waals surface area contributed by atoms with E-state index in [1.807, 2.05) is 32.9 Å². The maximum Gasteiger partial charge on any atom is 0.249 e. The van der Waals surface area contributed by atoms with Crippen LogP contribution in [0.3, 0.4) is 0 Å². The number of halogens is 1. The van der Waals surface area contributed by atoms with Crippen molar-refractivity contribution >= 4 is 39.1 Å². The van der Waals surface area contributed by atoms with Crippen molar-refractivity contribution in [3.05, 3.63) is 20.8 Å². The minimum atomic E-state index is -0.818. The third-order valence-electron chi connectivity index (χ3n) is 4.63. The van der Waals surface area contributed by atoms with Gasteiger partial charge in [-0.1, -0.05) is 0 Å². The quantitative estimate of drug-likeness (QED) is 0.888. The largest absolute Gasteiger partial charge is 0.340 e. The lowest BCUT2D eigenvalue weighted by Gasteiger charge is -2.48. The number of thiophene rings is 1. The Balaban J connectivity index is 1.93. The number of amides is 2. The average molecular weight is 371 g/mol. The van der Waals surface area contributed by atoms with E-state index in [1.54, 1.807) is 16.2 Å². The Kier molecular flexibility index (Phi) is 3.44. The first-order valence-electron chi connectivity index (χ1n) is 7.14. The Morgan fingerprint density at radius 1 is 1.33 bits per heavy atom. The fourth-order valence-corrected chi connectivity index (χ4v) is 4.37. The van der Waals surface area contributed by atoms with Gasteiger partial charge in [0.15, 0.2) is 0 Å². The molecule has 21 heavy (non-hydrogen) atoms.